The van der Waals surface area contributed by atoms with Crippen molar-refractivity contribution in [3.8, 4) is 0 Å². The average Bonchev–Trinajstić information content (AvgIpc) is 3.57. The SMILES string of the molecule is C[C@H](NC(=O)OC(C)(C)C)C(=O)N1CCC([C@@H](NC(=O)c2cc(C3CC3)on2)c2ccccc2)CC1. The Morgan fingerprint density at radius 3 is 2.33 bits per heavy atom. The molecule has 36 heavy (non-hydrogen) atoms. The van der Waals surface area contributed by atoms with Crippen molar-refractivity contribution in [2.45, 2.75) is 77.0 Å². The van der Waals surface area contributed by atoms with Crippen LogP contribution >= 0.6 is 0 Å². The second-order valence-corrected chi connectivity index (χ2v) is 10.8. The molecule has 2 atom stereocenters. The number of nitrogens with one attached hydrogen (secondary N) is 2. The molecule has 0 bridgehead atoms. The maximum Gasteiger partial charge on any atom is 0.408 e. The number of carbonyl (C=O) groups is 3. The highest BCUT2D eigenvalue weighted by Gasteiger charge is 2.34. The molecule has 2 fully saturated rings. The predicted octanol–water partition coefficient (Wildman–Crippen LogP) is 4.17. The van der Waals surface area contributed by atoms with Gasteiger partial charge in [0.05, 0.1) is 6.04 Å². The number of nitrogens with zero attached hydrogens (tertiary/aromatic N) is 2. The number of alkyl carbamates (subject to hydrolysis) is 1. The molecule has 1 aromatic carbocycles. The first-order valence-electron chi connectivity index (χ1n) is 12.7. The van der Waals surface area contributed by atoms with Crippen LogP contribution in [0.25, 0.3) is 0 Å². The second-order valence-electron chi connectivity index (χ2n) is 10.8. The number of likely N-dealkylation sites (tertiary alicyclic amines) is 1. The third kappa shape index (κ3) is 6.65. The maximum atomic E-state index is 13.0. The second kappa shape index (κ2) is 10.7. The van der Waals surface area contributed by atoms with Crippen LogP contribution in [-0.2, 0) is 9.53 Å². The molecule has 1 aliphatic heterocycles. The number of benzene rings is 1. The van der Waals surface area contributed by atoms with Crippen LogP contribution in [0.4, 0.5) is 4.79 Å². The molecule has 2 N–H and O–H groups in total. The largest absolute Gasteiger partial charge is 0.444 e. The molecule has 0 spiro atoms. The van der Waals surface area contributed by atoms with E-state index in [1.807, 2.05) is 30.3 Å². The summed E-state index contributed by atoms with van der Waals surface area (Å²) in [5.41, 5.74) is 0.682. The first-order chi connectivity index (χ1) is 17.1. The van der Waals surface area contributed by atoms with Gasteiger partial charge in [0, 0.05) is 25.1 Å². The number of rotatable bonds is 7. The van der Waals surface area contributed by atoms with Crippen LogP contribution in [0.15, 0.2) is 40.9 Å². The number of piperidine rings is 1. The minimum atomic E-state index is -0.686. The van der Waals surface area contributed by atoms with Gasteiger partial charge in [-0.2, -0.15) is 0 Å². The summed E-state index contributed by atoms with van der Waals surface area (Å²) in [5.74, 6) is 0.905. The Balaban J connectivity index is 1.37. The average molecular weight is 497 g/mol. The first kappa shape index (κ1) is 25.7. The molecule has 2 aliphatic rings. The summed E-state index contributed by atoms with van der Waals surface area (Å²) in [5, 5.41) is 9.78. The van der Waals surface area contributed by atoms with E-state index in [1.54, 1.807) is 38.7 Å². The number of amides is 3. The predicted molar refractivity (Wildman–Crippen MR) is 133 cm³/mol. The fraction of sp³-hybridized carbons (Fsp3) is 0.556. The highest BCUT2D eigenvalue weighted by atomic mass is 16.6. The number of carbonyl (C=O) groups excluding carboxylic acids is 3. The molecule has 4 rings (SSSR count). The van der Waals surface area contributed by atoms with E-state index in [0.29, 0.717) is 24.7 Å². The lowest BCUT2D eigenvalue weighted by atomic mass is 9.85. The lowest BCUT2D eigenvalue weighted by Gasteiger charge is -2.37. The minimum Gasteiger partial charge on any atom is -0.444 e. The van der Waals surface area contributed by atoms with Gasteiger partial charge in [-0.3, -0.25) is 9.59 Å². The van der Waals surface area contributed by atoms with Gasteiger partial charge in [0.15, 0.2) is 5.69 Å². The Morgan fingerprint density at radius 1 is 1.06 bits per heavy atom. The maximum absolute atomic E-state index is 13.0. The third-order valence-electron chi connectivity index (χ3n) is 6.61. The highest BCUT2D eigenvalue weighted by molar-refractivity contribution is 5.92. The Kier molecular flexibility index (Phi) is 7.66. The van der Waals surface area contributed by atoms with Crippen LogP contribution in [-0.4, -0.2) is 52.7 Å². The summed E-state index contributed by atoms with van der Waals surface area (Å²) in [6.45, 7) is 8.08. The molecule has 9 heteroatoms. The standard InChI is InChI=1S/C27H36N4O5/c1-17(28-26(34)35-27(2,3)4)25(33)31-14-12-20(13-15-31)23(19-8-6-5-7-9-19)29-24(32)21-16-22(36-30-21)18-10-11-18/h5-9,16-18,20,23H,10-15H2,1-4H3,(H,28,34)(H,29,32)/t17-,23-/m0/s1. The molecule has 0 radical (unpaired) electrons. The van der Waals surface area contributed by atoms with Crippen LogP contribution in [0.2, 0.25) is 0 Å². The van der Waals surface area contributed by atoms with Gasteiger partial charge in [-0.1, -0.05) is 35.5 Å². The molecule has 1 saturated heterocycles. The Morgan fingerprint density at radius 2 is 1.72 bits per heavy atom. The quantitative estimate of drug-likeness (QED) is 0.595. The molecule has 1 saturated carbocycles. The molecule has 3 amide bonds. The fourth-order valence-corrected chi connectivity index (χ4v) is 4.58. The lowest BCUT2D eigenvalue weighted by Crippen LogP contribution is -2.51. The summed E-state index contributed by atoms with van der Waals surface area (Å²) in [6.07, 6.45) is 2.98. The van der Waals surface area contributed by atoms with Crippen molar-refractivity contribution in [1.29, 1.82) is 0 Å². The number of aromatic nitrogens is 1. The van der Waals surface area contributed by atoms with Crippen LogP contribution in [0.5, 0.6) is 0 Å². The fourth-order valence-electron chi connectivity index (χ4n) is 4.58. The molecular weight excluding hydrogens is 460 g/mol. The van der Waals surface area contributed by atoms with E-state index >= 15 is 0 Å². The summed E-state index contributed by atoms with van der Waals surface area (Å²) in [7, 11) is 0. The van der Waals surface area contributed by atoms with Crippen molar-refractivity contribution >= 4 is 17.9 Å². The van der Waals surface area contributed by atoms with Crippen molar-refractivity contribution in [2.75, 3.05) is 13.1 Å². The topological polar surface area (TPSA) is 114 Å². The van der Waals surface area contributed by atoms with Gasteiger partial charge in [0.1, 0.15) is 17.4 Å². The Bertz CT molecular complexity index is 1070. The van der Waals surface area contributed by atoms with E-state index in [-0.39, 0.29) is 23.8 Å². The van der Waals surface area contributed by atoms with Gasteiger partial charge in [-0.15, -0.1) is 0 Å². The molecule has 1 aromatic heterocycles. The Labute approximate surface area is 211 Å². The zero-order valence-corrected chi connectivity index (χ0v) is 21.5. The van der Waals surface area contributed by atoms with Crippen LogP contribution in [0.3, 0.4) is 0 Å². The molecule has 2 aromatic rings. The van der Waals surface area contributed by atoms with Crippen LogP contribution in [0.1, 0.15) is 87.2 Å². The summed E-state index contributed by atoms with van der Waals surface area (Å²) in [6, 6.07) is 10.7. The zero-order valence-electron chi connectivity index (χ0n) is 21.5. The smallest absolute Gasteiger partial charge is 0.408 e. The van der Waals surface area contributed by atoms with Crippen LogP contribution < -0.4 is 10.6 Å². The van der Waals surface area contributed by atoms with E-state index < -0.39 is 17.7 Å². The van der Waals surface area contributed by atoms with Crippen molar-refractivity contribution in [3.05, 3.63) is 53.4 Å². The molecule has 194 valence electrons. The van der Waals surface area contributed by atoms with Crippen molar-refractivity contribution in [3.63, 3.8) is 0 Å². The van der Waals surface area contributed by atoms with E-state index in [2.05, 4.69) is 15.8 Å². The van der Waals surface area contributed by atoms with Gasteiger partial charge >= 0.3 is 6.09 Å². The Hall–Kier alpha value is -3.36. The van der Waals surface area contributed by atoms with E-state index in [1.165, 1.54) is 0 Å². The summed E-state index contributed by atoms with van der Waals surface area (Å²) < 4.78 is 10.6. The first-order valence-corrected chi connectivity index (χ1v) is 12.7. The summed E-state index contributed by atoms with van der Waals surface area (Å²) >= 11 is 0. The third-order valence-corrected chi connectivity index (χ3v) is 6.61. The van der Waals surface area contributed by atoms with Crippen LogP contribution in [0, 0.1) is 5.92 Å². The van der Waals surface area contributed by atoms with Crippen molar-refractivity contribution < 1.29 is 23.6 Å². The molecule has 1 aliphatic carbocycles. The molecule has 0 unspecified atom stereocenters. The minimum absolute atomic E-state index is 0.143. The van der Waals surface area contributed by atoms with Gasteiger partial charge in [0.25, 0.3) is 5.91 Å². The monoisotopic (exact) mass is 496 g/mol. The van der Waals surface area contributed by atoms with Gasteiger partial charge in [-0.25, -0.2) is 4.79 Å². The van der Waals surface area contributed by atoms with Crippen molar-refractivity contribution in [2.24, 2.45) is 5.92 Å². The number of ether oxygens (including phenoxy) is 1. The van der Waals surface area contributed by atoms with E-state index in [0.717, 1.165) is 37.0 Å². The number of hydrogen-bond donors (Lipinski definition) is 2. The van der Waals surface area contributed by atoms with E-state index in [4.69, 9.17) is 9.26 Å². The normalized spacial score (nSPS) is 18.3. The lowest BCUT2D eigenvalue weighted by molar-refractivity contribution is -0.134. The summed E-state index contributed by atoms with van der Waals surface area (Å²) in [4.78, 5) is 39.8. The van der Waals surface area contributed by atoms with Gasteiger partial charge in [-0.05, 0) is 64.9 Å². The molecular formula is C27H36N4O5. The zero-order chi connectivity index (χ0) is 25.9. The highest BCUT2D eigenvalue weighted by Crippen LogP contribution is 2.40. The van der Waals surface area contributed by atoms with Crippen molar-refractivity contribution in [1.82, 2.24) is 20.7 Å². The van der Waals surface area contributed by atoms with Gasteiger partial charge in [0.2, 0.25) is 5.91 Å². The number of hydrogen-bond acceptors (Lipinski definition) is 6. The van der Waals surface area contributed by atoms with E-state index in [9.17, 15) is 14.4 Å². The molecule has 9 nitrogen and oxygen atoms in total. The van der Waals surface area contributed by atoms with Gasteiger partial charge < -0.3 is 24.8 Å². The molecule has 2 heterocycles.